The number of benzene rings is 1. The molecule has 6 nitrogen and oxygen atoms in total. The van der Waals surface area contributed by atoms with Crippen molar-refractivity contribution in [2.45, 2.75) is 32.5 Å². The van der Waals surface area contributed by atoms with Crippen molar-refractivity contribution in [3.8, 4) is 0 Å². The third-order valence-corrected chi connectivity index (χ3v) is 2.74. The van der Waals surface area contributed by atoms with Crippen LogP contribution in [0.25, 0.3) is 0 Å². The van der Waals surface area contributed by atoms with Gasteiger partial charge in [0.1, 0.15) is 0 Å². The number of nitrogens with one attached hydrogen (secondary N) is 2. The minimum atomic E-state index is -1.32. The molecule has 104 valence electrons. The molecule has 0 aliphatic carbocycles. The molecular weight excluding hydrogens is 248 g/mol. The number of carbonyl (C=O) groups is 2. The van der Waals surface area contributed by atoms with Crippen molar-refractivity contribution in [2.75, 3.05) is 0 Å². The minimum Gasteiger partial charge on any atom is -0.480 e. The smallest absolute Gasteiger partial charge is 0.328 e. The number of urea groups is 1. The molecule has 19 heavy (non-hydrogen) atoms. The summed E-state index contributed by atoms with van der Waals surface area (Å²) in [6.45, 7) is 3.52. The Balaban J connectivity index is 2.52. The van der Waals surface area contributed by atoms with E-state index in [0.717, 1.165) is 11.1 Å². The van der Waals surface area contributed by atoms with E-state index in [2.05, 4.69) is 10.6 Å². The van der Waals surface area contributed by atoms with Crippen molar-refractivity contribution in [2.24, 2.45) is 0 Å². The number of hydrogen-bond acceptors (Lipinski definition) is 3. The zero-order valence-corrected chi connectivity index (χ0v) is 10.9. The van der Waals surface area contributed by atoms with Crippen LogP contribution in [0.1, 0.15) is 18.1 Å². The van der Waals surface area contributed by atoms with Gasteiger partial charge in [0.2, 0.25) is 0 Å². The van der Waals surface area contributed by atoms with Crippen LogP contribution in [0.2, 0.25) is 0 Å². The first kappa shape index (κ1) is 15.0. The molecule has 0 spiro atoms. The van der Waals surface area contributed by atoms with E-state index in [1.54, 1.807) is 0 Å². The number of aryl methyl sites for hydroxylation is 1. The predicted octanol–water partition coefficient (Wildman–Crippen LogP) is 0.628. The highest BCUT2D eigenvalue weighted by Gasteiger charge is 2.24. The Morgan fingerprint density at radius 3 is 2.47 bits per heavy atom. The predicted molar refractivity (Wildman–Crippen MR) is 69.7 cm³/mol. The highest BCUT2D eigenvalue weighted by molar-refractivity contribution is 5.82. The first-order chi connectivity index (χ1) is 8.91. The maximum atomic E-state index is 11.6. The molecule has 0 aliphatic heterocycles. The number of aliphatic carboxylic acids is 1. The second-order valence-electron chi connectivity index (χ2n) is 4.31. The minimum absolute atomic E-state index is 0.296. The van der Waals surface area contributed by atoms with E-state index in [9.17, 15) is 14.7 Å². The van der Waals surface area contributed by atoms with Crippen LogP contribution >= 0.6 is 0 Å². The Kier molecular flexibility index (Phi) is 5.32. The number of hydrogen-bond donors (Lipinski definition) is 4. The molecule has 2 atom stereocenters. The molecule has 1 aromatic rings. The average Bonchev–Trinajstić information content (AvgIpc) is 2.34. The Morgan fingerprint density at radius 1 is 1.32 bits per heavy atom. The molecule has 0 fully saturated rings. The molecule has 0 heterocycles. The summed E-state index contributed by atoms with van der Waals surface area (Å²) in [6.07, 6.45) is -1.17. The summed E-state index contributed by atoms with van der Waals surface area (Å²) in [6, 6.07) is 5.60. The van der Waals surface area contributed by atoms with Gasteiger partial charge in [0, 0.05) is 6.54 Å². The summed E-state index contributed by atoms with van der Waals surface area (Å²) in [5.41, 5.74) is 1.98. The molecule has 0 saturated heterocycles. The summed E-state index contributed by atoms with van der Waals surface area (Å²) in [5, 5.41) is 22.8. The van der Waals surface area contributed by atoms with Crippen LogP contribution in [0.15, 0.2) is 24.3 Å². The fraction of sp³-hybridized carbons (Fsp3) is 0.385. The summed E-state index contributed by atoms with van der Waals surface area (Å²) >= 11 is 0. The first-order valence-electron chi connectivity index (χ1n) is 5.91. The summed E-state index contributed by atoms with van der Waals surface area (Å²) in [4.78, 5) is 22.4. The van der Waals surface area contributed by atoms with Gasteiger partial charge in [-0.2, -0.15) is 0 Å². The van der Waals surface area contributed by atoms with E-state index >= 15 is 0 Å². The zero-order chi connectivity index (χ0) is 14.4. The highest BCUT2D eigenvalue weighted by Crippen LogP contribution is 2.05. The Morgan fingerprint density at radius 2 is 1.95 bits per heavy atom. The van der Waals surface area contributed by atoms with Gasteiger partial charge in [-0.15, -0.1) is 0 Å². The molecule has 4 N–H and O–H groups in total. The number of rotatable bonds is 5. The number of carboxylic acid groups (broad SMARTS) is 1. The van der Waals surface area contributed by atoms with Crippen LogP contribution in [0.4, 0.5) is 4.79 Å². The second kappa shape index (κ2) is 6.75. The van der Waals surface area contributed by atoms with E-state index in [1.807, 2.05) is 31.2 Å². The lowest BCUT2D eigenvalue weighted by molar-refractivity contribution is -0.141. The lowest BCUT2D eigenvalue weighted by Gasteiger charge is -2.17. The number of aliphatic hydroxyl groups excluding tert-OH is 1. The third kappa shape index (κ3) is 4.59. The molecule has 0 bridgehead atoms. The van der Waals surface area contributed by atoms with E-state index in [-0.39, 0.29) is 0 Å². The fourth-order valence-corrected chi connectivity index (χ4v) is 1.56. The van der Waals surface area contributed by atoms with Crippen molar-refractivity contribution >= 4 is 12.0 Å². The molecule has 6 heteroatoms. The molecule has 2 unspecified atom stereocenters. The Hall–Kier alpha value is -2.08. The Bertz CT molecular complexity index is 460. The van der Waals surface area contributed by atoms with Crippen LogP contribution in [0, 0.1) is 6.92 Å². The van der Waals surface area contributed by atoms with Gasteiger partial charge in [-0.3, -0.25) is 0 Å². The van der Waals surface area contributed by atoms with Gasteiger partial charge in [-0.25, -0.2) is 9.59 Å². The van der Waals surface area contributed by atoms with Crippen LogP contribution in [-0.4, -0.2) is 34.4 Å². The van der Waals surface area contributed by atoms with Crippen molar-refractivity contribution in [1.82, 2.24) is 10.6 Å². The normalized spacial score (nSPS) is 13.4. The van der Waals surface area contributed by atoms with E-state index in [1.165, 1.54) is 6.92 Å². The van der Waals surface area contributed by atoms with Crippen molar-refractivity contribution < 1.29 is 19.8 Å². The molecule has 0 radical (unpaired) electrons. The van der Waals surface area contributed by atoms with Gasteiger partial charge in [-0.05, 0) is 25.0 Å². The molecule has 1 aromatic carbocycles. The summed E-state index contributed by atoms with van der Waals surface area (Å²) in [7, 11) is 0. The molecule has 0 saturated carbocycles. The van der Waals surface area contributed by atoms with E-state index in [0.29, 0.717) is 6.54 Å². The number of aliphatic hydroxyl groups is 1. The van der Waals surface area contributed by atoms with Crippen LogP contribution in [-0.2, 0) is 11.3 Å². The van der Waals surface area contributed by atoms with E-state index in [4.69, 9.17) is 5.11 Å². The van der Waals surface area contributed by atoms with E-state index < -0.39 is 24.1 Å². The van der Waals surface area contributed by atoms with Gasteiger partial charge in [0.15, 0.2) is 6.04 Å². The molecule has 1 rings (SSSR count). The summed E-state index contributed by atoms with van der Waals surface area (Å²) < 4.78 is 0. The van der Waals surface area contributed by atoms with Crippen molar-refractivity contribution in [3.63, 3.8) is 0 Å². The number of carbonyl (C=O) groups excluding carboxylic acids is 1. The molecule has 0 aromatic heterocycles. The van der Waals surface area contributed by atoms with Crippen LogP contribution < -0.4 is 10.6 Å². The molecule has 0 aliphatic rings. The van der Waals surface area contributed by atoms with Gasteiger partial charge in [-0.1, -0.05) is 24.3 Å². The highest BCUT2D eigenvalue weighted by atomic mass is 16.4. The van der Waals surface area contributed by atoms with Crippen molar-refractivity contribution in [3.05, 3.63) is 35.4 Å². The van der Waals surface area contributed by atoms with Gasteiger partial charge >= 0.3 is 12.0 Å². The summed E-state index contributed by atoms with van der Waals surface area (Å²) in [5.74, 6) is -1.28. The van der Waals surface area contributed by atoms with Gasteiger partial charge < -0.3 is 20.8 Å². The van der Waals surface area contributed by atoms with Gasteiger partial charge in [0.25, 0.3) is 0 Å². The third-order valence-electron chi connectivity index (χ3n) is 2.74. The molecular formula is C13H18N2O4. The standard InChI is InChI=1S/C13H18N2O4/c1-8-5-3-4-6-10(8)7-14-13(19)15-11(9(2)16)12(17)18/h3-6,9,11,16H,7H2,1-2H3,(H,17,18)(H2,14,15,19). The van der Waals surface area contributed by atoms with Gasteiger partial charge in [0.05, 0.1) is 6.10 Å². The SMILES string of the molecule is Cc1ccccc1CNC(=O)NC(C(=O)O)C(C)O. The maximum absolute atomic E-state index is 11.6. The average molecular weight is 266 g/mol. The zero-order valence-electron chi connectivity index (χ0n) is 10.9. The topological polar surface area (TPSA) is 98.7 Å². The monoisotopic (exact) mass is 266 g/mol. The maximum Gasteiger partial charge on any atom is 0.328 e. The van der Waals surface area contributed by atoms with Crippen LogP contribution in [0.3, 0.4) is 0 Å². The second-order valence-corrected chi connectivity index (χ2v) is 4.31. The number of carboxylic acids is 1. The van der Waals surface area contributed by atoms with Crippen molar-refractivity contribution in [1.29, 1.82) is 0 Å². The molecule has 2 amide bonds. The lowest BCUT2D eigenvalue weighted by atomic mass is 10.1. The lowest BCUT2D eigenvalue weighted by Crippen LogP contribution is -2.51. The number of amides is 2. The Labute approximate surface area is 111 Å². The largest absolute Gasteiger partial charge is 0.480 e. The quantitative estimate of drug-likeness (QED) is 0.628. The first-order valence-corrected chi connectivity index (χ1v) is 5.91. The van der Waals surface area contributed by atoms with Crippen LogP contribution in [0.5, 0.6) is 0 Å². The fourth-order valence-electron chi connectivity index (χ4n) is 1.56.